The van der Waals surface area contributed by atoms with Gasteiger partial charge in [0.05, 0.1) is 6.10 Å². The topological polar surface area (TPSA) is 44.5 Å². The van der Waals surface area contributed by atoms with Crippen LogP contribution in [0.1, 0.15) is 19.8 Å². The van der Waals surface area contributed by atoms with Gasteiger partial charge in [-0.15, -0.1) is 0 Å². The fourth-order valence-electron chi connectivity index (χ4n) is 1.57. The summed E-state index contributed by atoms with van der Waals surface area (Å²) in [6.45, 7) is 1.20. The molecule has 1 aliphatic heterocycles. The van der Waals surface area contributed by atoms with Gasteiger partial charge in [-0.05, 0) is 19.8 Å². The molecule has 0 saturated carbocycles. The van der Waals surface area contributed by atoms with Crippen LogP contribution in [0, 0.1) is 0 Å². The maximum atomic E-state index is 11.7. The van der Waals surface area contributed by atoms with E-state index in [2.05, 4.69) is 4.74 Å². The van der Waals surface area contributed by atoms with Crippen molar-refractivity contribution in [3.63, 3.8) is 0 Å². The van der Waals surface area contributed by atoms with Crippen LogP contribution in [0.5, 0.6) is 0 Å². The van der Waals surface area contributed by atoms with Crippen molar-refractivity contribution in [2.45, 2.75) is 37.6 Å². The second kappa shape index (κ2) is 4.67. The van der Waals surface area contributed by atoms with Crippen molar-refractivity contribution in [3.8, 4) is 0 Å². The van der Waals surface area contributed by atoms with Crippen LogP contribution in [0.4, 0.5) is 13.2 Å². The molecule has 0 aromatic carbocycles. The van der Waals surface area contributed by atoms with E-state index in [0.717, 1.165) is 0 Å². The Morgan fingerprint density at radius 1 is 1.53 bits per heavy atom. The molecule has 1 heterocycles. The Morgan fingerprint density at radius 2 is 2.20 bits per heavy atom. The van der Waals surface area contributed by atoms with Crippen molar-refractivity contribution in [1.82, 2.24) is 0 Å². The van der Waals surface area contributed by atoms with Gasteiger partial charge in [-0.3, -0.25) is 0 Å². The van der Waals surface area contributed by atoms with E-state index < -0.39 is 18.3 Å². The number of hydrogen-bond acceptors (Lipinski definition) is 3. The third kappa shape index (κ3) is 3.96. The van der Waals surface area contributed by atoms with Gasteiger partial charge in [0, 0.05) is 18.8 Å². The van der Waals surface area contributed by atoms with Crippen LogP contribution in [0.2, 0.25) is 0 Å². The second-order valence-corrected chi connectivity index (χ2v) is 3.91. The molecule has 0 radical (unpaired) electrons. The molecule has 0 aromatic rings. The summed E-state index contributed by atoms with van der Waals surface area (Å²) in [4.78, 5) is 0. The number of rotatable bonds is 4. The van der Waals surface area contributed by atoms with Crippen LogP contribution in [0.15, 0.2) is 0 Å². The first-order valence-electron chi connectivity index (χ1n) is 4.88. The SMILES string of the molecule is CC1OCCC1(N)CCOCC(F)(F)F. The Hall–Kier alpha value is -0.330. The Labute approximate surface area is 86.7 Å². The lowest BCUT2D eigenvalue weighted by atomic mass is 9.90. The van der Waals surface area contributed by atoms with E-state index in [4.69, 9.17) is 10.5 Å². The Kier molecular flexibility index (Phi) is 3.97. The quantitative estimate of drug-likeness (QED) is 0.739. The Balaban J connectivity index is 2.20. The summed E-state index contributed by atoms with van der Waals surface area (Å²) >= 11 is 0. The zero-order valence-corrected chi connectivity index (χ0v) is 8.64. The van der Waals surface area contributed by atoms with Crippen molar-refractivity contribution >= 4 is 0 Å². The predicted molar refractivity (Wildman–Crippen MR) is 48.4 cm³/mol. The number of nitrogens with two attached hydrogens (primary N) is 1. The molecule has 0 bridgehead atoms. The minimum absolute atomic E-state index is 0.0176. The first-order chi connectivity index (χ1) is 6.83. The fraction of sp³-hybridized carbons (Fsp3) is 1.00. The van der Waals surface area contributed by atoms with E-state index in [1.165, 1.54) is 0 Å². The normalized spacial score (nSPS) is 32.2. The van der Waals surface area contributed by atoms with Crippen LogP contribution in [0.3, 0.4) is 0 Å². The molecule has 3 nitrogen and oxygen atoms in total. The van der Waals surface area contributed by atoms with E-state index in [9.17, 15) is 13.2 Å². The van der Waals surface area contributed by atoms with Crippen molar-refractivity contribution in [1.29, 1.82) is 0 Å². The van der Waals surface area contributed by atoms with Crippen LogP contribution in [0.25, 0.3) is 0 Å². The number of halogens is 3. The molecule has 0 amide bonds. The molecule has 1 aliphatic rings. The van der Waals surface area contributed by atoms with Gasteiger partial charge in [0.1, 0.15) is 6.61 Å². The summed E-state index contributed by atoms with van der Waals surface area (Å²) in [6.07, 6.45) is -3.32. The molecule has 15 heavy (non-hydrogen) atoms. The van der Waals surface area contributed by atoms with Crippen molar-refractivity contribution in [2.24, 2.45) is 5.73 Å². The monoisotopic (exact) mass is 227 g/mol. The molecule has 0 aromatic heterocycles. The summed E-state index contributed by atoms with van der Waals surface area (Å²) < 4.78 is 45.0. The highest BCUT2D eigenvalue weighted by atomic mass is 19.4. The van der Waals surface area contributed by atoms with E-state index >= 15 is 0 Å². The summed E-state index contributed by atoms with van der Waals surface area (Å²) in [5.41, 5.74) is 5.43. The summed E-state index contributed by atoms with van der Waals surface area (Å²) in [5.74, 6) is 0. The zero-order valence-electron chi connectivity index (χ0n) is 8.64. The van der Waals surface area contributed by atoms with Crippen molar-refractivity contribution in [2.75, 3.05) is 19.8 Å². The Morgan fingerprint density at radius 3 is 2.67 bits per heavy atom. The van der Waals surface area contributed by atoms with Gasteiger partial charge in [-0.2, -0.15) is 13.2 Å². The Bertz CT molecular complexity index is 210. The minimum atomic E-state index is -4.26. The molecule has 1 saturated heterocycles. The average Bonchev–Trinajstić information content (AvgIpc) is 2.41. The predicted octanol–water partition coefficient (Wildman–Crippen LogP) is 1.46. The van der Waals surface area contributed by atoms with E-state index in [-0.39, 0.29) is 12.7 Å². The lowest BCUT2D eigenvalue weighted by Crippen LogP contribution is -2.47. The van der Waals surface area contributed by atoms with Crippen molar-refractivity contribution in [3.05, 3.63) is 0 Å². The summed E-state index contributed by atoms with van der Waals surface area (Å²) in [6, 6.07) is 0. The maximum Gasteiger partial charge on any atom is 0.411 e. The summed E-state index contributed by atoms with van der Waals surface area (Å²) in [5, 5.41) is 0. The molecule has 0 aliphatic carbocycles. The lowest BCUT2D eigenvalue weighted by Gasteiger charge is -2.27. The standard InChI is InChI=1S/C9H16F3NO2/c1-7-8(13,3-5-15-7)2-4-14-6-9(10,11)12/h7H,2-6,13H2,1H3. The largest absolute Gasteiger partial charge is 0.411 e. The van der Waals surface area contributed by atoms with Gasteiger partial charge in [-0.1, -0.05) is 0 Å². The molecule has 2 unspecified atom stereocenters. The third-order valence-electron chi connectivity index (χ3n) is 2.72. The highest BCUT2D eigenvalue weighted by molar-refractivity contribution is 4.94. The van der Waals surface area contributed by atoms with Crippen LogP contribution in [-0.2, 0) is 9.47 Å². The van der Waals surface area contributed by atoms with Gasteiger partial charge >= 0.3 is 6.18 Å². The molecule has 90 valence electrons. The molecule has 2 atom stereocenters. The molecular formula is C9H16F3NO2. The minimum Gasteiger partial charge on any atom is -0.377 e. The van der Waals surface area contributed by atoms with Gasteiger partial charge in [0.15, 0.2) is 0 Å². The fourth-order valence-corrected chi connectivity index (χ4v) is 1.57. The highest BCUT2D eigenvalue weighted by Crippen LogP contribution is 2.26. The number of hydrogen-bond donors (Lipinski definition) is 1. The van der Waals surface area contributed by atoms with E-state index in [1.807, 2.05) is 6.92 Å². The average molecular weight is 227 g/mol. The van der Waals surface area contributed by atoms with Crippen molar-refractivity contribution < 1.29 is 22.6 Å². The number of alkyl halides is 3. The first kappa shape index (κ1) is 12.7. The van der Waals surface area contributed by atoms with Gasteiger partial charge < -0.3 is 15.2 Å². The van der Waals surface area contributed by atoms with Crippen LogP contribution < -0.4 is 5.73 Å². The third-order valence-corrected chi connectivity index (χ3v) is 2.72. The molecule has 1 rings (SSSR count). The van der Waals surface area contributed by atoms with Gasteiger partial charge in [-0.25, -0.2) is 0 Å². The van der Waals surface area contributed by atoms with Gasteiger partial charge in [0.2, 0.25) is 0 Å². The van der Waals surface area contributed by atoms with E-state index in [1.54, 1.807) is 0 Å². The summed E-state index contributed by atoms with van der Waals surface area (Å²) in [7, 11) is 0. The maximum absolute atomic E-state index is 11.7. The first-order valence-corrected chi connectivity index (χ1v) is 4.88. The van der Waals surface area contributed by atoms with E-state index in [0.29, 0.717) is 19.4 Å². The number of ether oxygens (including phenoxy) is 2. The molecular weight excluding hydrogens is 211 g/mol. The molecule has 2 N–H and O–H groups in total. The zero-order chi connectivity index (χ0) is 11.5. The van der Waals surface area contributed by atoms with Gasteiger partial charge in [0.25, 0.3) is 0 Å². The molecule has 6 heteroatoms. The van der Waals surface area contributed by atoms with Crippen LogP contribution in [-0.4, -0.2) is 37.6 Å². The molecule has 0 spiro atoms. The lowest BCUT2D eigenvalue weighted by molar-refractivity contribution is -0.174. The van der Waals surface area contributed by atoms with Crippen LogP contribution >= 0.6 is 0 Å². The second-order valence-electron chi connectivity index (χ2n) is 3.91. The smallest absolute Gasteiger partial charge is 0.377 e. The highest BCUT2D eigenvalue weighted by Gasteiger charge is 2.37. The molecule has 1 fully saturated rings.